The molecule has 0 saturated heterocycles. The molecule has 3 aromatic rings. The Morgan fingerprint density at radius 3 is 2.55 bits per heavy atom. The standard InChI is InChI=1S/C23H20FN3O2/c1-3-28-21(18-9-10-22(25)26-15-18)13-16(2)12-17-8-11-23(27-14-17)29-20-7-5-4-6-19(20)24/h3-11,13-15H,1-2,12H2,(H2,25,26)/b21-13-. The van der Waals surface area contributed by atoms with E-state index >= 15 is 0 Å². The molecule has 5 nitrogen and oxygen atoms in total. The lowest BCUT2D eigenvalue weighted by Gasteiger charge is -2.09. The van der Waals surface area contributed by atoms with E-state index in [-0.39, 0.29) is 5.75 Å². The number of pyridine rings is 2. The van der Waals surface area contributed by atoms with E-state index in [2.05, 4.69) is 23.1 Å². The van der Waals surface area contributed by atoms with Crippen LogP contribution < -0.4 is 10.5 Å². The highest BCUT2D eigenvalue weighted by Crippen LogP contribution is 2.23. The Morgan fingerprint density at radius 2 is 1.90 bits per heavy atom. The molecular weight excluding hydrogens is 369 g/mol. The highest BCUT2D eigenvalue weighted by atomic mass is 19.1. The summed E-state index contributed by atoms with van der Waals surface area (Å²) in [6.07, 6.45) is 6.96. The van der Waals surface area contributed by atoms with Gasteiger partial charge in [0.25, 0.3) is 0 Å². The zero-order valence-electron chi connectivity index (χ0n) is 15.7. The van der Waals surface area contributed by atoms with Gasteiger partial charge in [-0.2, -0.15) is 0 Å². The number of rotatable bonds is 8. The van der Waals surface area contributed by atoms with Crippen LogP contribution in [0.15, 0.2) is 92.0 Å². The van der Waals surface area contributed by atoms with Crippen LogP contribution in [0.5, 0.6) is 11.6 Å². The maximum absolute atomic E-state index is 13.7. The first kappa shape index (κ1) is 19.8. The third-order valence-corrected chi connectivity index (χ3v) is 3.90. The number of nitrogen functional groups attached to an aromatic ring is 1. The highest BCUT2D eigenvalue weighted by molar-refractivity contribution is 5.63. The van der Waals surface area contributed by atoms with Crippen molar-refractivity contribution in [1.29, 1.82) is 0 Å². The summed E-state index contributed by atoms with van der Waals surface area (Å²) in [4.78, 5) is 8.30. The predicted molar refractivity (Wildman–Crippen MR) is 111 cm³/mol. The number of hydrogen-bond acceptors (Lipinski definition) is 5. The molecule has 0 radical (unpaired) electrons. The fourth-order valence-electron chi connectivity index (χ4n) is 2.54. The molecule has 0 aliphatic rings. The number of benzene rings is 1. The van der Waals surface area contributed by atoms with Gasteiger partial charge in [0, 0.05) is 24.0 Å². The summed E-state index contributed by atoms with van der Waals surface area (Å²) in [5, 5.41) is 0. The molecule has 29 heavy (non-hydrogen) atoms. The van der Waals surface area contributed by atoms with Gasteiger partial charge in [0.15, 0.2) is 11.6 Å². The molecule has 2 N–H and O–H groups in total. The topological polar surface area (TPSA) is 70.3 Å². The summed E-state index contributed by atoms with van der Waals surface area (Å²) in [5.41, 5.74) is 8.09. The van der Waals surface area contributed by atoms with E-state index in [1.807, 2.05) is 6.07 Å². The maximum Gasteiger partial charge on any atom is 0.219 e. The first-order valence-corrected chi connectivity index (χ1v) is 8.81. The van der Waals surface area contributed by atoms with Gasteiger partial charge in [-0.05, 0) is 47.9 Å². The van der Waals surface area contributed by atoms with Crippen LogP contribution in [0.1, 0.15) is 11.1 Å². The second-order valence-corrected chi connectivity index (χ2v) is 6.14. The molecule has 0 saturated carbocycles. The molecule has 146 valence electrons. The third-order valence-electron chi connectivity index (χ3n) is 3.90. The molecule has 0 amide bonds. The fraction of sp³-hybridized carbons (Fsp3) is 0.0435. The molecule has 0 spiro atoms. The molecule has 2 aromatic heterocycles. The highest BCUT2D eigenvalue weighted by Gasteiger charge is 2.07. The van der Waals surface area contributed by atoms with Gasteiger partial charge >= 0.3 is 0 Å². The van der Waals surface area contributed by atoms with Crippen molar-refractivity contribution in [2.24, 2.45) is 0 Å². The van der Waals surface area contributed by atoms with Gasteiger partial charge in [-0.1, -0.05) is 31.4 Å². The third kappa shape index (κ3) is 5.52. The van der Waals surface area contributed by atoms with E-state index in [4.69, 9.17) is 15.2 Å². The van der Waals surface area contributed by atoms with Gasteiger partial charge in [0.2, 0.25) is 5.88 Å². The Hall–Kier alpha value is -3.93. The van der Waals surface area contributed by atoms with Crippen LogP contribution in [0.2, 0.25) is 0 Å². The van der Waals surface area contributed by atoms with Gasteiger partial charge in [0.1, 0.15) is 11.6 Å². The van der Waals surface area contributed by atoms with E-state index in [1.54, 1.807) is 54.9 Å². The normalized spacial score (nSPS) is 11.0. The summed E-state index contributed by atoms with van der Waals surface area (Å²) in [7, 11) is 0. The predicted octanol–water partition coefficient (Wildman–Crippen LogP) is 5.29. The minimum atomic E-state index is -0.441. The number of halogens is 1. The second-order valence-electron chi connectivity index (χ2n) is 6.14. The molecule has 0 bridgehead atoms. The minimum absolute atomic E-state index is 0.128. The Labute approximate surface area is 168 Å². The van der Waals surface area contributed by atoms with Crippen LogP contribution in [0.4, 0.5) is 10.2 Å². The first-order valence-electron chi connectivity index (χ1n) is 8.81. The van der Waals surface area contributed by atoms with Crippen LogP contribution in [0, 0.1) is 5.82 Å². The van der Waals surface area contributed by atoms with E-state index < -0.39 is 5.82 Å². The molecule has 0 aliphatic carbocycles. The minimum Gasteiger partial charge on any atom is -0.465 e. The van der Waals surface area contributed by atoms with Crippen LogP contribution in [-0.2, 0) is 11.2 Å². The van der Waals surface area contributed by atoms with Crippen molar-refractivity contribution >= 4 is 11.6 Å². The summed E-state index contributed by atoms with van der Waals surface area (Å²) in [5.74, 6) is 0.982. The van der Waals surface area contributed by atoms with E-state index in [9.17, 15) is 4.39 Å². The average molecular weight is 389 g/mol. The lowest BCUT2D eigenvalue weighted by molar-refractivity contribution is 0.427. The lowest BCUT2D eigenvalue weighted by Crippen LogP contribution is -1.95. The summed E-state index contributed by atoms with van der Waals surface area (Å²) < 4.78 is 24.6. The number of anilines is 1. The number of aromatic nitrogens is 2. The SMILES string of the molecule is C=CO/C(=C\C(=C)Cc1ccc(Oc2ccccc2F)nc1)c1ccc(N)nc1. The monoisotopic (exact) mass is 389 g/mol. The van der Waals surface area contributed by atoms with Crippen molar-refractivity contribution in [1.82, 2.24) is 9.97 Å². The Kier molecular flexibility index (Phi) is 6.37. The largest absolute Gasteiger partial charge is 0.465 e. The number of allylic oxidation sites excluding steroid dienone is 2. The van der Waals surface area contributed by atoms with Gasteiger partial charge < -0.3 is 15.2 Å². The van der Waals surface area contributed by atoms with Crippen molar-refractivity contribution in [3.8, 4) is 11.6 Å². The molecule has 0 aliphatic heterocycles. The average Bonchev–Trinajstić information content (AvgIpc) is 2.71. The number of nitrogens with two attached hydrogens (primary N) is 1. The number of para-hydroxylation sites is 1. The molecular formula is C23H20FN3O2. The lowest BCUT2D eigenvalue weighted by atomic mass is 10.1. The van der Waals surface area contributed by atoms with Crippen molar-refractivity contribution < 1.29 is 13.9 Å². The molecule has 6 heteroatoms. The van der Waals surface area contributed by atoms with Crippen LogP contribution in [-0.4, -0.2) is 9.97 Å². The number of nitrogens with zero attached hydrogens (tertiary/aromatic N) is 2. The van der Waals surface area contributed by atoms with E-state index in [0.29, 0.717) is 23.9 Å². The summed E-state index contributed by atoms with van der Waals surface area (Å²) in [6, 6.07) is 13.2. The van der Waals surface area contributed by atoms with E-state index in [1.165, 1.54) is 12.3 Å². The van der Waals surface area contributed by atoms with Gasteiger partial charge in [-0.25, -0.2) is 14.4 Å². The van der Waals surface area contributed by atoms with Crippen LogP contribution >= 0.6 is 0 Å². The van der Waals surface area contributed by atoms with Crippen molar-refractivity contribution in [3.63, 3.8) is 0 Å². The van der Waals surface area contributed by atoms with Crippen LogP contribution in [0.3, 0.4) is 0 Å². The Bertz CT molecular complexity index is 1030. The van der Waals surface area contributed by atoms with Gasteiger partial charge in [0.05, 0.1) is 6.26 Å². The van der Waals surface area contributed by atoms with Crippen molar-refractivity contribution in [2.45, 2.75) is 6.42 Å². The Morgan fingerprint density at radius 1 is 1.07 bits per heavy atom. The number of ether oxygens (including phenoxy) is 2. The molecule has 2 heterocycles. The second kappa shape index (κ2) is 9.32. The molecule has 0 fully saturated rings. The maximum atomic E-state index is 13.7. The van der Waals surface area contributed by atoms with Gasteiger partial charge in [-0.15, -0.1) is 0 Å². The fourth-order valence-corrected chi connectivity index (χ4v) is 2.54. The quantitative estimate of drug-likeness (QED) is 0.419. The smallest absolute Gasteiger partial charge is 0.219 e. The van der Waals surface area contributed by atoms with E-state index in [0.717, 1.165) is 16.7 Å². The number of hydrogen-bond donors (Lipinski definition) is 1. The first-order chi connectivity index (χ1) is 14.0. The Balaban J connectivity index is 1.69. The summed E-state index contributed by atoms with van der Waals surface area (Å²) in [6.45, 7) is 7.67. The van der Waals surface area contributed by atoms with Crippen molar-refractivity contribution in [3.05, 3.63) is 109 Å². The summed E-state index contributed by atoms with van der Waals surface area (Å²) >= 11 is 0. The van der Waals surface area contributed by atoms with Crippen LogP contribution in [0.25, 0.3) is 5.76 Å². The molecule has 1 aromatic carbocycles. The molecule has 0 unspecified atom stereocenters. The molecule has 0 atom stereocenters. The van der Waals surface area contributed by atoms with Gasteiger partial charge in [-0.3, -0.25) is 0 Å². The molecule has 3 rings (SSSR count). The van der Waals surface area contributed by atoms with Crippen molar-refractivity contribution in [2.75, 3.05) is 5.73 Å². The zero-order chi connectivity index (χ0) is 20.6. The zero-order valence-corrected chi connectivity index (χ0v) is 15.7.